The second kappa shape index (κ2) is 6.60. The lowest BCUT2D eigenvalue weighted by Crippen LogP contribution is -2.28. The molecule has 6 heteroatoms. The van der Waals surface area contributed by atoms with Crippen LogP contribution in [0.3, 0.4) is 0 Å². The second-order valence-corrected chi connectivity index (χ2v) is 7.83. The first-order valence-corrected chi connectivity index (χ1v) is 8.80. The van der Waals surface area contributed by atoms with E-state index in [4.69, 9.17) is 5.73 Å². The summed E-state index contributed by atoms with van der Waals surface area (Å²) in [6, 6.07) is 14.6. The van der Waals surface area contributed by atoms with E-state index in [1.807, 2.05) is 24.3 Å². The summed E-state index contributed by atoms with van der Waals surface area (Å²) in [5.74, 6) is -0.0906. The number of rotatable bonds is 5. The van der Waals surface area contributed by atoms with Gasteiger partial charge in [-0.1, -0.05) is 46.3 Å². The minimum atomic E-state index is -3.40. The SMILES string of the molecule is CN(Cc1ccc(Br)cc1)S(=O)(=O)Cc1ccccc1N. The average molecular weight is 369 g/mol. The van der Waals surface area contributed by atoms with Gasteiger partial charge < -0.3 is 5.73 Å². The summed E-state index contributed by atoms with van der Waals surface area (Å²) in [5, 5.41) is 0. The Morgan fingerprint density at radius 1 is 1.10 bits per heavy atom. The summed E-state index contributed by atoms with van der Waals surface area (Å²) < 4.78 is 27.1. The zero-order valence-electron chi connectivity index (χ0n) is 11.7. The van der Waals surface area contributed by atoms with Gasteiger partial charge in [-0.3, -0.25) is 0 Å². The molecule has 0 aromatic heterocycles. The molecule has 0 atom stereocenters. The molecule has 0 saturated heterocycles. The van der Waals surface area contributed by atoms with E-state index < -0.39 is 10.0 Å². The van der Waals surface area contributed by atoms with E-state index in [1.54, 1.807) is 31.3 Å². The van der Waals surface area contributed by atoms with Gasteiger partial charge in [0.25, 0.3) is 0 Å². The van der Waals surface area contributed by atoms with Crippen LogP contribution in [0.2, 0.25) is 0 Å². The summed E-state index contributed by atoms with van der Waals surface area (Å²) in [5.41, 5.74) is 7.87. The zero-order valence-corrected chi connectivity index (χ0v) is 14.1. The summed E-state index contributed by atoms with van der Waals surface area (Å²) in [4.78, 5) is 0. The van der Waals surface area contributed by atoms with Crippen molar-refractivity contribution >= 4 is 31.6 Å². The van der Waals surface area contributed by atoms with Crippen molar-refractivity contribution in [3.63, 3.8) is 0 Å². The Bertz CT molecular complexity index is 715. The monoisotopic (exact) mass is 368 g/mol. The number of benzene rings is 2. The number of para-hydroxylation sites is 1. The van der Waals surface area contributed by atoms with Crippen LogP contribution in [0.15, 0.2) is 53.0 Å². The van der Waals surface area contributed by atoms with Crippen molar-refractivity contribution in [3.05, 3.63) is 64.1 Å². The van der Waals surface area contributed by atoms with Gasteiger partial charge in [0.05, 0.1) is 5.75 Å². The standard InChI is InChI=1S/C15H17BrN2O2S/c1-18(10-12-6-8-14(16)9-7-12)21(19,20)11-13-4-2-3-5-15(13)17/h2-9H,10-11,17H2,1H3. The van der Waals surface area contributed by atoms with Crippen molar-refractivity contribution in [1.82, 2.24) is 4.31 Å². The third kappa shape index (κ3) is 4.30. The van der Waals surface area contributed by atoms with Gasteiger partial charge in [0.15, 0.2) is 0 Å². The molecule has 0 fully saturated rings. The van der Waals surface area contributed by atoms with E-state index in [-0.39, 0.29) is 5.75 Å². The van der Waals surface area contributed by atoms with Crippen LogP contribution in [-0.4, -0.2) is 19.8 Å². The molecular weight excluding hydrogens is 352 g/mol. The molecule has 2 aromatic carbocycles. The molecule has 112 valence electrons. The molecule has 0 saturated carbocycles. The Morgan fingerprint density at radius 2 is 1.71 bits per heavy atom. The highest BCUT2D eigenvalue weighted by molar-refractivity contribution is 9.10. The fourth-order valence-electron chi connectivity index (χ4n) is 1.92. The lowest BCUT2D eigenvalue weighted by atomic mass is 10.2. The third-order valence-electron chi connectivity index (χ3n) is 3.19. The molecule has 2 N–H and O–H groups in total. The van der Waals surface area contributed by atoms with Gasteiger partial charge in [0.2, 0.25) is 10.0 Å². The predicted octanol–water partition coefficient (Wildman–Crippen LogP) is 2.99. The molecule has 0 heterocycles. The summed E-state index contributed by atoms with van der Waals surface area (Å²) in [6.07, 6.45) is 0. The number of sulfonamides is 1. The number of hydrogen-bond donors (Lipinski definition) is 1. The first-order chi connectivity index (χ1) is 9.88. The van der Waals surface area contributed by atoms with Crippen molar-refractivity contribution in [2.75, 3.05) is 12.8 Å². The van der Waals surface area contributed by atoms with Crippen LogP contribution >= 0.6 is 15.9 Å². The summed E-state index contributed by atoms with van der Waals surface area (Å²) in [6.45, 7) is 0.336. The van der Waals surface area contributed by atoms with Gasteiger partial charge in [0, 0.05) is 23.8 Å². The number of nitrogen functional groups attached to an aromatic ring is 1. The summed E-state index contributed by atoms with van der Waals surface area (Å²) in [7, 11) is -1.82. The number of nitrogens with zero attached hydrogens (tertiary/aromatic N) is 1. The van der Waals surface area contributed by atoms with Crippen molar-refractivity contribution in [3.8, 4) is 0 Å². The van der Waals surface area contributed by atoms with Crippen LogP contribution in [0.4, 0.5) is 5.69 Å². The second-order valence-electron chi connectivity index (χ2n) is 4.84. The van der Waals surface area contributed by atoms with Crippen LogP contribution in [0.25, 0.3) is 0 Å². The first kappa shape index (κ1) is 16.0. The molecular formula is C15H17BrN2O2S. The van der Waals surface area contributed by atoms with E-state index >= 15 is 0 Å². The molecule has 0 radical (unpaired) electrons. The first-order valence-electron chi connectivity index (χ1n) is 6.40. The topological polar surface area (TPSA) is 63.4 Å². The minimum Gasteiger partial charge on any atom is -0.398 e. The van der Waals surface area contributed by atoms with E-state index in [9.17, 15) is 8.42 Å². The molecule has 0 amide bonds. The van der Waals surface area contributed by atoms with E-state index in [2.05, 4.69) is 15.9 Å². The van der Waals surface area contributed by atoms with Crippen molar-refractivity contribution in [2.24, 2.45) is 0 Å². The lowest BCUT2D eigenvalue weighted by Gasteiger charge is -2.18. The lowest BCUT2D eigenvalue weighted by molar-refractivity contribution is 0.466. The van der Waals surface area contributed by atoms with Crippen molar-refractivity contribution < 1.29 is 8.42 Å². The van der Waals surface area contributed by atoms with Gasteiger partial charge in [-0.15, -0.1) is 0 Å². The van der Waals surface area contributed by atoms with Gasteiger partial charge in [0.1, 0.15) is 0 Å². The maximum absolute atomic E-state index is 12.4. The van der Waals surface area contributed by atoms with Crippen LogP contribution in [0, 0.1) is 0 Å². The predicted molar refractivity (Wildman–Crippen MR) is 89.1 cm³/mol. The quantitative estimate of drug-likeness (QED) is 0.825. The van der Waals surface area contributed by atoms with Crippen molar-refractivity contribution in [2.45, 2.75) is 12.3 Å². The van der Waals surface area contributed by atoms with E-state index in [0.29, 0.717) is 17.8 Å². The molecule has 2 rings (SSSR count). The third-order valence-corrected chi connectivity index (χ3v) is 5.47. The van der Waals surface area contributed by atoms with E-state index in [0.717, 1.165) is 10.0 Å². The highest BCUT2D eigenvalue weighted by Crippen LogP contribution is 2.18. The molecule has 0 aliphatic carbocycles. The zero-order chi connectivity index (χ0) is 15.5. The van der Waals surface area contributed by atoms with Crippen LogP contribution in [0.5, 0.6) is 0 Å². The van der Waals surface area contributed by atoms with Gasteiger partial charge in [-0.25, -0.2) is 12.7 Å². The molecule has 0 unspecified atom stereocenters. The van der Waals surface area contributed by atoms with Crippen LogP contribution in [0.1, 0.15) is 11.1 Å². The molecule has 0 bridgehead atoms. The number of halogens is 1. The Morgan fingerprint density at radius 3 is 2.33 bits per heavy atom. The largest absolute Gasteiger partial charge is 0.398 e. The fourth-order valence-corrected chi connectivity index (χ4v) is 3.40. The highest BCUT2D eigenvalue weighted by atomic mass is 79.9. The molecule has 0 aliphatic rings. The van der Waals surface area contributed by atoms with Crippen molar-refractivity contribution in [1.29, 1.82) is 0 Å². The smallest absolute Gasteiger partial charge is 0.218 e. The maximum atomic E-state index is 12.4. The molecule has 4 nitrogen and oxygen atoms in total. The number of hydrogen-bond acceptors (Lipinski definition) is 3. The van der Waals surface area contributed by atoms with Crippen LogP contribution in [-0.2, 0) is 22.3 Å². The normalized spacial score (nSPS) is 11.8. The summed E-state index contributed by atoms with van der Waals surface area (Å²) >= 11 is 3.36. The highest BCUT2D eigenvalue weighted by Gasteiger charge is 2.19. The van der Waals surface area contributed by atoms with Gasteiger partial charge >= 0.3 is 0 Å². The Balaban J connectivity index is 2.12. The van der Waals surface area contributed by atoms with Gasteiger partial charge in [-0.2, -0.15) is 0 Å². The number of nitrogens with two attached hydrogens (primary N) is 1. The van der Waals surface area contributed by atoms with E-state index in [1.165, 1.54) is 4.31 Å². The Hall–Kier alpha value is -1.37. The van der Waals surface area contributed by atoms with Gasteiger partial charge in [-0.05, 0) is 29.3 Å². The molecule has 0 spiro atoms. The minimum absolute atomic E-state index is 0.0906. The average Bonchev–Trinajstić information content (AvgIpc) is 2.43. The Labute approximate surface area is 133 Å². The Kier molecular flexibility index (Phi) is 5.03. The maximum Gasteiger partial charge on any atom is 0.218 e. The fraction of sp³-hybridized carbons (Fsp3) is 0.200. The molecule has 0 aliphatic heterocycles. The number of anilines is 1. The van der Waals surface area contributed by atoms with Crippen LogP contribution < -0.4 is 5.73 Å². The molecule has 21 heavy (non-hydrogen) atoms. The molecule has 2 aromatic rings.